The van der Waals surface area contributed by atoms with Gasteiger partial charge in [0.05, 0.1) is 17.1 Å². The maximum absolute atomic E-state index is 12.3. The van der Waals surface area contributed by atoms with E-state index in [1.165, 1.54) is 35.7 Å². The SMILES string of the molecule is CCOC(=O)NC(=O)c1ccsc1NC(=O)c1ccccc1[N+](=O)[O-]. The van der Waals surface area contributed by atoms with Gasteiger partial charge in [0.25, 0.3) is 17.5 Å². The van der Waals surface area contributed by atoms with Crippen LogP contribution in [0.25, 0.3) is 0 Å². The average Bonchev–Trinajstić information content (AvgIpc) is 3.03. The highest BCUT2D eigenvalue weighted by Gasteiger charge is 2.22. The largest absolute Gasteiger partial charge is 0.450 e. The molecule has 2 N–H and O–H groups in total. The van der Waals surface area contributed by atoms with E-state index in [0.29, 0.717) is 0 Å². The van der Waals surface area contributed by atoms with Gasteiger partial charge >= 0.3 is 6.09 Å². The number of alkyl carbamates (subject to hydrolysis) is 1. The lowest BCUT2D eigenvalue weighted by Crippen LogP contribution is -2.31. The molecule has 0 radical (unpaired) electrons. The van der Waals surface area contributed by atoms with Crippen LogP contribution in [0.4, 0.5) is 15.5 Å². The number of ether oxygens (including phenoxy) is 1. The van der Waals surface area contributed by atoms with Gasteiger partial charge in [0.1, 0.15) is 10.6 Å². The molecule has 0 aliphatic carbocycles. The molecule has 130 valence electrons. The number of nitro benzene ring substituents is 1. The molecule has 0 bridgehead atoms. The summed E-state index contributed by atoms with van der Waals surface area (Å²) in [4.78, 5) is 46.0. The van der Waals surface area contributed by atoms with E-state index in [4.69, 9.17) is 0 Å². The Morgan fingerprint density at radius 2 is 1.88 bits per heavy atom. The third-order valence-electron chi connectivity index (χ3n) is 2.97. The number of imide groups is 1. The fraction of sp³-hybridized carbons (Fsp3) is 0.133. The number of thiophene rings is 1. The number of carbonyl (C=O) groups excluding carboxylic acids is 3. The van der Waals surface area contributed by atoms with Gasteiger partial charge in [-0.25, -0.2) is 4.79 Å². The molecule has 2 rings (SSSR count). The van der Waals surface area contributed by atoms with Crippen LogP contribution in [0.5, 0.6) is 0 Å². The Labute approximate surface area is 145 Å². The number of hydrogen-bond acceptors (Lipinski definition) is 7. The van der Waals surface area contributed by atoms with Crippen LogP contribution in [-0.2, 0) is 4.74 Å². The maximum Gasteiger partial charge on any atom is 0.414 e. The molecule has 1 heterocycles. The molecule has 3 amide bonds. The number of nitrogens with one attached hydrogen (secondary N) is 2. The van der Waals surface area contributed by atoms with Crippen LogP contribution in [0.3, 0.4) is 0 Å². The fourth-order valence-electron chi connectivity index (χ4n) is 1.91. The van der Waals surface area contributed by atoms with Gasteiger partial charge in [-0.2, -0.15) is 0 Å². The van der Waals surface area contributed by atoms with Crippen LogP contribution in [0.15, 0.2) is 35.7 Å². The van der Waals surface area contributed by atoms with Crippen LogP contribution in [-0.4, -0.2) is 29.4 Å². The first-order chi connectivity index (χ1) is 11.9. The van der Waals surface area contributed by atoms with Crippen molar-refractivity contribution in [1.82, 2.24) is 5.32 Å². The Hall–Kier alpha value is -3.27. The summed E-state index contributed by atoms with van der Waals surface area (Å²) in [6.45, 7) is 1.69. The molecule has 0 spiro atoms. The van der Waals surface area contributed by atoms with Crippen LogP contribution < -0.4 is 10.6 Å². The number of carbonyl (C=O) groups is 3. The van der Waals surface area contributed by atoms with E-state index >= 15 is 0 Å². The van der Waals surface area contributed by atoms with Gasteiger partial charge in [-0.15, -0.1) is 11.3 Å². The average molecular weight is 363 g/mol. The molecule has 0 fully saturated rings. The van der Waals surface area contributed by atoms with Crippen molar-refractivity contribution in [2.24, 2.45) is 0 Å². The summed E-state index contributed by atoms with van der Waals surface area (Å²) >= 11 is 1.04. The van der Waals surface area contributed by atoms with Crippen molar-refractivity contribution in [3.05, 3.63) is 57.0 Å². The van der Waals surface area contributed by atoms with Gasteiger partial charge in [0, 0.05) is 6.07 Å². The zero-order valence-corrected chi connectivity index (χ0v) is 13.8. The van der Waals surface area contributed by atoms with Gasteiger partial charge < -0.3 is 10.1 Å². The second-order valence-corrected chi connectivity index (χ2v) is 5.48. The molecule has 10 heteroatoms. The molecular formula is C15H13N3O6S. The lowest BCUT2D eigenvalue weighted by Gasteiger charge is -2.07. The zero-order valence-electron chi connectivity index (χ0n) is 13.0. The standard InChI is InChI=1S/C15H13N3O6S/c1-2-24-15(21)17-13(20)10-7-8-25-14(10)16-12(19)9-5-3-4-6-11(9)18(22)23/h3-8H,2H2,1H3,(H,16,19)(H,17,20,21). The molecule has 0 unspecified atom stereocenters. The van der Waals surface area contributed by atoms with Crippen molar-refractivity contribution in [3.8, 4) is 0 Å². The molecule has 2 aromatic rings. The third-order valence-corrected chi connectivity index (χ3v) is 3.80. The molecule has 25 heavy (non-hydrogen) atoms. The van der Waals surface area contributed by atoms with Gasteiger partial charge in [0.15, 0.2) is 0 Å². The Kier molecular flexibility index (Phi) is 5.79. The molecule has 0 aliphatic rings. The minimum atomic E-state index is -0.908. The van der Waals surface area contributed by atoms with Gasteiger partial charge in [0.2, 0.25) is 0 Å². The van der Waals surface area contributed by atoms with Crippen LogP contribution in [0.1, 0.15) is 27.6 Å². The van der Waals surface area contributed by atoms with Gasteiger partial charge in [-0.1, -0.05) is 12.1 Å². The lowest BCUT2D eigenvalue weighted by molar-refractivity contribution is -0.385. The summed E-state index contributed by atoms with van der Waals surface area (Å²) in [5, 5.41) is 17.2. The highest BCUT2D eigenvalue weighted by atomic mass is 32.1. The summed E-state index contributed by atoms with van der Waals surface area (Å²) in [6.07, 6.45) is -0.908. The molecule has 9 nitrogen and oxygen atoms in total. The number of rotatable bonds is 5. The second kappa shape index (κ2) is 8.02. The predicted octanol–water partition coefficient (Wildman–Crippen LogP) is 2.79. The summed E-state index contributed by atoms with van der Waals surface area (Å²) in [6, 6.07) is 6.86. The van der Waals surface area contributed by atoms with Crippen molar-refractivity contribution < 1.29 is 24.0 Å². The zero-order chi connectivity index (χ0) is 18.4. The lowest BCUT2D eigenvalue weighted by atomic mass is 10.1. The molecule has 0 saturated carbocycles. The summed E-state index contributed by atoms with van der Waals surface area (Å²) in [5.74, 6) is -1.49. The third kappa shape index (κ3) is 4.38. The maximum atomic E-state index is 12.3. The van der Waals surface area contributed by atoms with E-state index in [0.717, 1.165) is 11.3 Å². The number of benzene rings is 1. The molecule has 0 aliphatic heterocycles. The van der Waals surface area contributed by atoms with E-state index in [2.05, 4.69) is 10.1 Å². The van der Waals surface area contributed by atoms with E-state index in [-0.39, 0.29) is 28.4 Å². The van der Waals surface area contributed by atoms with Crippen molar-refractivity contribution in [3.63, 3.8) is 0 Å². The Balaban J connectivity index is 2.18. The van der Waals surface area contributed by atoms with E-state index in [1.54, 1.807) is 6.92 Å². The van der Waals surface area contributed by atoms with Crippen LogP contribution >= 0.6 is 11.3 Å². The minimum absolute atomic E-state index is 0.0463. The molecule has 0 atom stereocenters. The number of para-hydroxylation sites is 1. The first kappa shape index (κ1) is 18.1. The van der Waals surface area contributed by atoms with Crippen LogP contribution in [0.2, 0.25) is 0 Å². The highest BCUT2D eigenvalue weighted by molar-refractivity contribution is 7.14. The summed E-state index contributed by atoms with van der Waals surface area (Å²) in [5.41, 5.74) is -0.447. The topological polar surface area (TPSA) is 128 Å². The van der Waals surface area contributed by atoms with Gasteiger partial charge in [-0.05, 0) is 24.4 Å². The Morgan fingerprint density at radius 3 is 2.56 bits per heavy atom. The predicted molar refractivity (Wildman–Crippen MR) is 89.9 cm³/mol. The summed E-state index contributed by atoms with van der Waals surface area (Å²) in [7, 11) is 0. The minimum Gasteiger partial charge on any atom is -0.450 e. The smallest absolute Gasteiger partial charge is 0.414 e. The normalized spacial score (nSPS) is 9.96. The van der Waals surface area contributed by atoms with Crippen molar-refractivity contribution >= 4 is 39.9 Å². The van der Waals surface area contributed by atoms with E-state index in [9.17, 15) is 24.5 Å². The fourth-order valence-corrected chi connectivity index (χ4v) is 2.69. The number of nitro groups is 1. The molecular weight excluding hydrogens is 350 g/mol. The number of hydrogen-bond donors (Lipinski definition) is 2. The number of anilines is 1. The first-order valence-corrected chi connectivity index (χ1v) is 7.92. The Bertz CT molecular complexity index is 832. The highest BCUT2D eigenvalue weighted by Crippen LogP contribution is 2.25. The van der Waals surface area contributed by atoms with Crippen molar-refractivity contribution in [2.75, 3.05) is 11.9 Å². The summed E-state index contributed by atoms with van der Waals surface area (Å²) < 4.78 is 4.61. The Morgan fingerprint density at radius 1 is 1.16 bits per heavy atom. The van der Waals surface area contributed by atoms with Gasteiger partial charge in [-0.3, -0.25) is 25.0 Å². The molecule has 1 aromatic carbocycles. The van der Waals surface area contributed by atoms with E-state index in [1.807, 2.05) is 5.32 Å². The second-order valence-electron chi connectivity index (χ2n) is 4.57. The monoisotopic (exact) mass is 363 g/mol. The number of nitrogens with zero attached hydrogens (tertiary/aromatic N) is 1. The van der Waals surface area contributed by atoms with E-state index < -0.39 is 22.8 Å². The van der Waals surface area contributed by atoms with Crippen molar-refractivity contribution in [2.45, 2.75) is 6.92 Å². The molecule has 0 saturated heterocycles. The number of amides is 3. The quantitative estimate of drug-likeness (QED) is 0.621. The van der Waals surface area contributed by atoms with Crippen LogP contribution in [0, 0.1) is 10.1 Å². The van der Waals surface area contributed by atoms with Crippen molar-refractivity contribution in [1.29, 1.82) is 0 Å². The molecule has 1 aromatic heterocycles. The first-order valence-electron chi connectivity index (χ1n) is 7.04.